The predicted octanol–water partition coefficient (Wildman–Crippen LogP) is 4.38. The quantitative estimate of drug-likeness (QED) is 0.409. The maximum Gasteiger partial charge on any atom is 0.415 e. The Kier molecular flexibility index (Phi) is 8.34. The number of fused-ring (bicyclic) bond motifs is 1. The van der Waals surface area contributed by atoms with Crippen LogP contribution in [-0.4, -0.2) is 79.5 Å². The van der Waals surface area contributed by atoms with Crippen molar-refractivity contribution in [3.63, 3.8) is 0 Å². The van der Waals surface area contributed by atoms with Crippen LogP contribution in [0, 0.1) is 0 Å². The summed E-state index contributed by atoms with van der Waals surface area (Å²) in [5.41, 5.74) is -0.279. The molecule has 1 aliphatic heterocycles. The fourth-order valence-corrected chi connectivity index (χ4v) is 4.65. The third kappa shape index (κ3) is 7.44. The number of nitrogens with zero attached hydrogens (tertiary/aromatic N) is 6. The van der Waals surface area contributed by atoms with Gasteiger partial charge in [-0.2, -0.15) is 9.61 Å². The molecule has 2 N–H and O–H groups in total. The van der Waals surface area contributed by atoms with Gasteiger partial charge in [0.15, 0.2) is 5.65 Å². The van der Waals surface area contributed by atoms with Crippen molar-refractivity contribution in [3.8, 4) is 0 Å². The third-order valence-corrected chi connectivity index (χ3v) is 6.98. The van der Waals surface area contributed by atoms with E-state index in [1.54, 1.807) is 50.1 Å². The van der Waals surface area contributed by atoms with Crippen LogP contribution >= 0.6 is 0 Å². The number of pyridine rings is 1. The molecule has 3 amide bonds. The van der Waals surface area contributed by atoms with E-state index in [-0.39, 0.29) is 46.0 Å². The lowest BCUT2D eigenvalue weighted by atomic mass is 10.2. The third-order valence-electron chi connectivity index (χ3n) is 6.98. The molecule has 1 fully saturated rings. The van der Waals surface area contributed by atoms with Gasteiger partial charge in [0.1, 0.15) is 34.1 Å². The van der Waals surface area contributed by atoms with E-state index >= 15 is 0 Å². The van der Waals surface area contributed by atoms with Crippen LogP contribution in [0.1, 0.15) is 71.2 Å². The summed E-state index contributed by atoms with van der Waals surface area (Å²) in [6.45, 7) is 11.4. The van der Waals surface area contributed by atoms with Gasteiger partial charge in [0.05, 0.1) is 6.20 Å². The molecule has 1 aliphatic carbocycles. The van der Waals surface area contributed by atoms with Gasteiger partial charge in [0.25, 0.3) is 11.5 Å². The fraction of sp³-hybridized carbons (Fsp3) is 0.484. The van der Waals surface area contributed by atoms with E-state index in [4.69, 9.17) is 9.47 Å². The standard InChI is InChI=1S/C31H40N8O6/c1-30(2,3)44-28(42)36(7)24-17-23(35-25-21(18-32-39(24)25)26(40)33-19-10-11-19)34-22-9-8-14-38(27(22)41)20-12-15-37(16-13-20)29(43)45-31(4,5)6/h8-9,12,14,17-19H,10-11,13,15-16H2,1-7H3,(H,33,40)(H,34,35). The van der Waals surface area contributed by atoms with Crippen molar-refractivity contribution in [2.24, 2.45) is 0 Å². The first kappa shape index (κ1) is 31.5. The van der Waals surface area contributed by atoms with Crippen LogP contribution in [-0.2, 0) is 9.47 Å². The average molecular weight is 621 g/mol. The zero-order valence-corrected chi connectivity index (χ0v) is 26.7. The Morgan fingerprint density at radius 2 is 1.78 bits per heavy atom. The van der Waals surface area contributed by atoms with Crippen LogP contribution < -0.4 is 21.1 Å². The summed E-state index contributed by atoms with van der Waals surface area (Å²) in [7, 11) is 1.53. The lowest BCUT2D eigenvalue weighted by Crippen LogP contribution is -2.40. The molecular formula is C31H40N8O6. The van der Waals surface area contributed by atoms with Gasteiger partial charge in [-0.05, 0) is 72.6 Å². The van der Waals surface area contributed by atoms with Crippen molar-refractivity contribution in [3.05, 3.63) is 52.6 Å². The molecule has 1 saturated carbocycles. The molecule has 14 nitrogen and oxygen atoms in total. The maximum absolute atomic E-state index is 13.6. The molecule has 0 bridgehead atoms. The Morgan fingerprint density at radius 1 is 1.07 bits per heavy atom. The average Bonchev–Trinajstić information content (AvgIpc) is 3.66. The minimum atomic E-state index is -0.745. The number of carbonyl (C=O) groups excluding carboxylic acids is 3. The van der Waals surface area contributed by atoms with Gasteiger partial charge in [0.2, 0.25) is 0 Å². The second-order valence-electron chi connectivity index (χ2n) is 13.2. The summed E-state index contributed by atoms with van der Waals surface area (Å²) in [5.74, 6) is 0.169. The highest BCUT2D eigenvalue weighted by Crippen LogP contribution is 2.26. The Labute approximate surface area is 261 Å². The molecule has 0 radical (unpaired) electrons. The smallest absolute Gasteiger partial charge is 0.415 e. The van der Waals surface area contributed by atoms with E-state index in [0.29, 0.717) is 19.5 Å². The van der Waals surface area contributed by atoms with Crippen LogP contribution in [0.4, 0.5) is 26.9 Å². The Hall–Kier alpha value is -4.88. The monoisotopic (exact) mass is 620 g/mol. The van der Waals surface area contributed by atoms with Crippen LogP contribution in [0.5, 0.6) is 0 Å². The van der Waals surface area contributed by atoms with E-state index in [0.717, 1.165) is 18.5 Å². The van der Waals surface area contributed by atoms with Crippen molar-refractivity contribution < 1.29 is 23.9 Å². The summed E-state index contributed by atoms with van der Waals surface area (Å²) in [6, 6.07) is 5.02. The van der Waals surface area contributed by atoms with Crippen molar-refractivity contribution in [2.75, 3.05) is 30.4 Å². The molecule has 0 unspecified atom stereocenters. The number of nitrogens with one attached hydrogen (secondary N) is 2. The number of anilines is 3. The lowest BCUT2D eigenvalue weighted by Gasteiger charge is -2.29. The first-order chi connectivity index (χ1) is 21.1. The number of hydrogen-bond acceptors (Lipinski definition) is 9. The summed E-state index contributed by atoms with van der Waals surface area (Å²) in [4.78, 5) is 59.7. The van der Waals surface area contributed by atoms with Crippen LogP contribution in [0.15, 0.2) is 41.5 Å². The number of aromatic nitrogens is 4. The number of amides is 3. The van der Waals surface area contributed by atoms with Crippen LogP contribution in [0.25, 0.3) is 11.3 Å². The molecule has 45 heavy (non-hydrogen) atoms. The minimum absolute atomic E-state index is 0.116. The summed E-state index contributed by atoms with van der Waals surface area (Å²) < 4.78 is 13.9. The number of hydrogen-bond donors (Lipinski definition) is 2. The Balaban J connectivity index is 1.46. The molecule has 3 aromatic rings. The molecule has 4 heterocycles. The number of ether oxygens (including phenoxy) is 2. The summed E-state index contributed by atoms with van der Waals surface area (Å²) >= 11 is 0. The van der Waals surface area contributed by atoms with E-state index < -0.39 is 23.4 Å². The predicted molar refractivity (Wildman–Crippen MR) is 169 cm³/mol. The molecule has 5 rings (SSSR count). The molecular weight excluding hydrogens is 580 g/mol. The summed E-state index contributed by atoms with van der Waals surface area (Å²) in [5, 5.41) is 10.4. The zero-order chi connectivity index (χ0) is 32.7. The van der Waals surface area contributed by atoms with Crippen molar-refractivity contribution in [2.45, 2.75) is 78.0 Å². The minimum Gasteiger partial charge on any atom is -0.444 e. The molecule has 0 atom stereocenters. The molecule has 240 valence electrons. The molecule has 0 aromatic carbocycles. The van der Waals surface area contributed by atoms with Gasteiger partial charge < -0.3 is 25.0 Å². The van der Waals surface area contributed by atoms with E-state index in [1.807, 2.05) is 26.8 Å². The maximum atomic E-state index is 13.6. The van der Waals surface area contributed by atoms with Gasteiger partial charge in [-0.15, -0.1) is 0 Å². The van der Waals surface area contributed by atoms with Gasteiger partial charge in [-0.1, -0.05) is 0 Å². The first-order valence-corrected chi connectivity index (χ1v) is 14.9. The van der Waals surface area contributed by atoms with Gasteiger partial charge in [-0.25, -0.2) is 14.6 Å². The highest BCUT2D eigenvalue weighted by atomic mass is 16.6. The second-order valence-corrected chi connectivity index (χ2v) is 13.2. The highest BCUT2D eigenvalue weighted by molar-refractivity contribution is 6.00. The summed E-state index contributed by atoms with van der Waals surface area (Å²) in [6.07, 6.45) is 6.13. The van der Waals surface area contributed by atoms with Gasteiger partial charge in [-0.3, -0.25) is 19.1 Å². The van der Waals surface area contributed by atoms with Crippen LogP contribution in [0.2, 0.25) is 0 Å². The van der Waals surface area contributed by atoms with Gasteiger partial charge >= 0.3 is 12.2 Å². The molecule has 0 spiro atoms. The number of carbonyl (C=O) groups is 3. The normalized spacial score (nSPS) is 15.4. The van der Waals surface area contributed by atoms with E-state index in [9.17, 15) is 19.2 Å². The second kappa shape index (κ2) is 11.9. The Morgan fingerprint density at radius 3 is 2.40 bits per heavy atom. The van der Waals surface area contributed by atoms with Crippen molar-refractivity contribution in [1.29, 1.82) is 0 Å². The van der Waals surface area contributed by atoms with E-state index in [2.05, 4.69) is 20.7 Å². The molecule has 2 aliphatic rings. The molecule has 3 aromatic heterocycles. The van der Waals surface area contributed by atoms with Crippen molar-refractivity contribution in [1.82, 2.24) is 29.4 Å². The van der Waals surface area contributed by atoms with E-state index in [1.165, 1.54) is 27.2 Å². The fourth-order valence-electron chi connectivity index (χ4n) is 4.65. The topological polar surface area (TPSA) is 152 Å². The molecule has 0 saturated heterocycles. The molecule has 14 heteroatoms. The largest absolute Gasteiger partial charge is 0.444 e. The highest BCUT2D eigenvalue weighted by Gasteiger charge is 2.29. The Bertz CT molecular complexity index is 1720. The van der Waals surface area contributed by atoms with Gasteiger partial charge in [0, 0.05) is 50.6 Å². The number of rotatable bonds is 6. The lowest BCUT2D eigenvalue weighted by molar-refractivity contribution is 0.0269. The van der Waals surface area contributed by atoms with Crippen molar-refractivity contribution >= 4 is 46.8 Å². The SMILES string of the molecule is CN(C(=O)OC(C)(C)C)c1cc(Nc2cccn(C3=CCN(C(=O)OC(C)(C)C)CC3)c2=O)nc2c(C(=O)NC3CC3)cnn12. The zero-order valence-electron chi connectivity index (χ0n) is 26.7. The van der Waals surface area contributed by atoms with Crippen LogP contribution in [0.3, 0.4) is 0 Å². The first-order valence-electron chi connectivity index (χ1n) is 14.9.